The molecule has 0 aromatic heterocycles. The smallest absolute Gasteiger partial charge is 0.0851 e. The Balaban J connectivity index is 3.10. The average Bonchev–Trinajstić information content (AvgIpc) is 1.63. The van der Waals surface area contributed by atoms with Crippen molar-refractivity contribution in [1.29, 1.82) is 0 Å². The van der Waals surface area contributed by atoms with E-state index in [2.05, 4.69) is 35.7 Å². The van der Waals surface area contributed by atoms with Crippen LogP contribution in [0.15, 0.2) is 22.5 Å². The minimum Gasteiger partial charge on any atom is -0.513 e. The van der Waals surface area contributed by atoms with Crippen LogP contribution in [0.1, 0.15) is 19.3 Å². The Kier molecular flexibility index (Phi) is 4.85. The molecule has 0 fully saturated rings. The predicted octanol–water partition coefficient (Wildman–Crippen LogP) is 3.18. The largest absolute Gasteiger partial charge is 0.513 e. The Labute approximate surface area is 69.6 Å². The van der Waals surface area contributed by atoms with Gasteiger partial charge in [-0.2, -0.15) is 0 Å². The van der Waals surface area contributed by atoms with Crippen molar-refractivity contribution in [2.24, 2.45) is 0 Å². The minimum absolute atomic E-state index is 0.271. The zero-order chi connectivity index (χ0) is 7.28. The van der Waals surface area contributed by atoms with Gasteiger partial charge in [-0.3, -0.25) is 0 Å². The molecule has 0 aliphatic carbocycles. The molecule has 0 heterocycles. The van der Waals surface area contributed by atoms with Gasteiger partial charge >= 0.3 is 0 Å². The molecule has 0 amide bonds. The highest BCUT2D eigenvalue weighted by Crippen LogP contribution is 2.13. The van der Waals surface area contributed by atoms with Gasteiger partial charge in [-0.1, -0.05) is 13.2 Å². The van der Waals surface area contributed by atoms with E-state index in [9.17, 15) is 0 Å². The lowest BCUT2D eigenvalue weighted by Crippen LogP contribution is -1.78. The maximum Gasteiger partial charge on any atom is 0.0851 e. The maximum atomic E-state index is 8.64. The van der Waals surface area contributed by atoms with Crippen LogP contribution in [0, 0.1) is 0 Å². The van der Waals surface area contributed by atoms with Crippen LogP contribution >= 0.6 is 22.6 Å². The van der Waals surface area contributed by atoms with E-state index in [1.807, 2.05) is 0 Å². The van der Waals surface area contributed by atoms with Gasteiger partial charge < -0.3 is 5.11 Å². The monoisotopic (exact) mass is 238 g/mol. The number of hydrogen-bond donors (Lipinski definition) is 1. The van der Waals surface area contributed by atoms with Crippen molar-refractivity contribution in [3.05, 3.63) is 22.5 Å². The molecular formula is C7H11IO. The highest BCUT2D eigenvalue weighted by molar-refractivity contribution is 14.1. The van der Waals surface area contributed by atoms with Crippen LogP contribution in [0.5, 0.6) is 0 Å². The molecule has 0 bridgehead atoms. The van der Waals surface area contributed by atoms with E-state index in [4.69, 9.17) is 5.11 Å². The van der Waals surface area contributed by atoms with Crippen LogP contribution in [0.4, 0.5) is 0 Å². The van der Waals surface area contributed by atoms with Crippen molar-refractivity contribution in [3.8, 4) is 0 Å². The summed E-state index contributed by atoms with van der Waals surface area (Å²) >= 11 is 2.18. The second-order valence-electron chi connectivity index (χ2n) is 1.94. The van der Waals surface area contributed by atoms with Crippen LogP contribution in [-0.4, -0.2) is 5.11 Å². The molecule has 0 spiro atoms. The molecule has 0 aliphatic rings. The molecule has 0 aromatic carbocycles. The summed E-state index contributed by atoms with van der Waals surface area (Å²) in [6.07, 6.45) is 2.62. The summed E-state index contributed by atoms with van der Waals surface area (Å²) in [5.41, 5.74) is 0. The third-order valence-corrected chi connectivity index (χ3v) is 1.45. The highest BCUT2D eigenvalue weighted by atomic mass is 127. The van der Waals surface area contributed by atoms with Crippen LogP contribution < -0.4 is 0 Å². The minimum atomic E-state index is 0.271. The number of aliphatic hydroxyl groups is 1. The lowest BCUT2D eigenvalue weighted by Gasteiger charge is -1.95. The molecule has 52 valence electrons. The van der Waals surface area contributed by atoms with Crippen molar-refractivity contribution in [2.45, 2.75) is 19.3 Å². The number of hydrogen-bond acceptors (Lipinski definition) is 1. The summed E-state index contributed by atoms with van der Waals surface area (Å²) in [6.45, 7) is 7.10. The van der Waals surface area contributed by atoms with Crippen molar-refractivity contribution < 1.29 is 5.11 Å². The SMILES string of the molecule is C=C(O)CCCC(=C)I. The fourth-order valence-electron chi connectivity index (χ4n) is 0.484. The topological polar surface area (TPSA) is 20.2 Å². The molecule has 0 saturated carbocycles. The third kappa shape index (κ3) is 8.01. The molecule has 0 atom stereocenters. The molecule has 0 rings (SSSR count). The van der Waals surface area contributed by atoms with E-state index in [1.165, 1.54) is 0 Å². The van der Waals surface area contributed by atoms with Gasteiger partial charge in [-0.25, -0.2) is 0 Å². The number of rotatable bonds is 4. The molecule has 0 aliphatic heterocycles. The van der Waals surface area contributed by atoms with Gasteiger partial charge in [0.15, 0.2) is 0 Å². The van der Waals surface area contributed by atoms with Crippen molar-refractivity contribution >= 4 is 22.6 Å². The zero-order valence-electron chi connectivity index (χ0n) is 5.36. The van der Waals surface area contributed by atoms with E-state index >= 15 is 0 Å². The fraction of sp³-hybridized carbons (Fsp3) is 0.429. The van der Waals surface area contributed by atoms with Crippen molar-refractivity contribution in [2.75, 3.05) is 0 Å². The first-order valence-electron chi connectivity index (χ1n) is 2.83. The van der Waals surface area contributed by atoms with Gasteiger partial charge in [0, 0.05) is 6.42 Å². The Morgan fingerprint density at radius 3 is 2.22 bits per heavy atom. The van der Waals surface area contributed by atoms with E-state index in [1.54, 1.807) is 0 Å². The molecule has 0 saturated heterocycles. The van der Waals surface area contributed by atoms with Gasteiger partial charge in [-0.15, -0.1) is 0 Å². The Bertz CT molecular complexity index is 104. The van der Waals surface area contributed by atoms with E-state index < -0.39 is 0 Å². The number of allylic oxidation sites excluding steroid dienone is 2. The summed E-state index contributed by atoms with van der Waals surface area (Å²) < 4.78 is 1.13. The molecule has 0 aromatic rings. The number of aliphatic hydroxyl groups excluding tert-OH is 1. The van der Waals surface area contributed by atoms with Gasteiger partial charge in [0.25, 0.3) is 0 Å². The molecule has 1 nitrogen and oxygen atoms in total. The molecule has 0 radical (unpaired) electrons. The molecule has 2 heteroatoms. The second-order valence-corrected chi connectivity index (χ2v) is 3.46. The van der Waals surface area contributed by atoms with Gasteiger partial charge in [-0.05, 0) is 39.0 Å². The summed E-state index contributed by atoms with van der Waals surface area (Å²) in [4.78, 5) is 0. The standard InChI is InChI=1S/C7H11IO/c1-6(8)4-3-5-7(2)9/h9H,1-5H2. The van der Waals surface area contributed by atoms with E-state index in [0.717, 1.165) is 16.4 Å². The third-order valence-electron chi connectivity index (χ3n) is 0.913. The quantitative estimate of drug-likeness (QED) is 0.589. The van der Waals surface area contributed by atoms with Gasteiger partial charge in [0.05, 0.1) is 5.76 Å². The summed E-state index contributed by atoms with van der Waals surface area (Å²) in [5.74, 6) is 0.271. The first-order chi connectivity index (χ1) is 4.13. The first-order valence-corrected chi connectivity index (χ1v) is 3.91. The molecule has 0 unspecified atom stereocenters. The Morgan fingerprint density at radius 1 is 1.33 bits per heavy atom. The van der Waals surface area contributed by atoms with E-state index in [0.29, 0.717) is 6.42 Å². The summed E-state index contributed by atoms with van der Waals surface area (Å²) in [6, 6.07) is 0. The van der Waals surface area contributed by atoms with Crippen molar-refractivity contribution in [1.82, 2.24) is 0 Å². The predicted molar refractivity (Wildman–Crippen MR) is 48.8 cm³/mol. The zero-order valence-corrected chi connectivity index (χ0v) is 7.52. The highest BCUT2D eigenvalue weighted by Gasteiger charge is 1.90. The van der Waals surface area contributed by atoms with Crippen LogP contribution in [0.3, 0.4) is 0 Å². The first kappa shape index (κ1) is 9.01. The summed E-state index contributed by atoms with van der Waals surface area (Å²) in [7, 11) is 0. The second kappa shape index (κ2) is 4.85. The van der Waals surface area contributed by atoms with Crippen LogP contribution in [-0.2, 0) is 0 Å². The lowest BCUT2D eigenvalue weighted by atomic mass is 10.2. The number of halogens is 1. The van der Waals surface area contributed by atoms with Crippen molar-refractivity contribution in [3.63, 3.8) is 0 Å². The summed E-state index contributed by atoms with van der Waals surface area (Å²) in [5, 5.41) is 8.64. The normalized spacial score (nSPS) is 9.00. The van der Waals surface area contributed by atoms with Gasteiger partial charge in [0.1, 0.15) is 0 Å². The maximum absolute atomic E-state index is 8.64. The molecular weight excluding hydrogens is 227 g/mol. The lowest BCUT2D eigenvalue weighted by molar-refractivity contribution is 0.387. The molecule has 9 heavy (non-hydrogen) atoms. The fourth-order valence-corrected chi connectivity index (χ4v) is 0.866. The van der Waals surface area contributed by atoms with Gasteiger partial charge in [0.2, 0.25) is 0 Å². The van der Waals surface area contributed by atoms with Crippen LogP contribution in [0.2, 0.25) is 0 Å². The van der Waals surface area contributed by atoms with Crippen LogP contribution in [0.25, 0.3) is 0 Å². The Hall–Kier alpha value is 0.01000. The average molecular weight is 238 g/mol. The molecule has 1 N–H and O–H groups in total. The van der Waals surface area contributed by atoms with E-state index in [-0.39, 0.29) is 5.76 Å². The Morgan fingerprint density at radius 2 is 1.89 bits per heavy atom.